The molecule has 3 nitrogen and oxygen atoms in total. The largest absolute Gasteiger partial charge is 0.335 e. The Labute approximate surface area is 138 Å². The second-order valence-corrected chi connectivity index (χ2v) is 5.67. The zero-order valence-corrected chi connectivity index (χ0v) is 13.6. The fraction of sp³-hybridized carbons (Fsp3) is 0.200. The maximum Gasteiger partial charge on any atom is 0.255 e. The molecule has 1 aromatic heterocycles. The first-order valence-corrected chi connectivity index (χ1v) is 7.49. The minimum absolute atomic E-state index is 0.188. The second kappa shape index (κ2) is 7.12. The van der Waals surface area contributed by atoms with Gasteiger partial charge in [-0.3, -0.25) is 4.79 Å². The smallest absolute Gasteiger partial charge is 0.255 e. The Balaban J connectivity index is 2.24. The fourth-order valence-electron chi connectivity index (χ4n) is 1.93. The Hall–Kier alpha value is -1.29. The number of pyridine rings is 1. The van der Waals surface area contributed by atoms with Crippen LogP contribution in [0.1, 0.15) is 22.8 Å². The number of aromatic nitrogens is 1. The maximum absolute atomic E-state index is 12.6. The predicted molar refractivity (Wildman–Crippen MR) is 86.1 cm³/mol. The molecule has 0 aliphatic carbocycles. The van der Waals surface area contributed by atoms with Crippen molar-refractivity contribution >= 4 is 40.7 Å². The van der Waals surface area contributed by atoms with E-state index in [1.807, 2.05) is 25.1 Å². The lowest BCUT2D eigenvalue weighted by atomic mass is 10.2. The van der Waals surface area contributed by atoms with E-state index in [0.717, 1.165) is 5.56 Å². The van der Waals surface area contributed by atoms with Gasteiger partial charge in [0.05, 0.1) is 10.6 Å². The SMILES string of the molecule is CCN(Cc1cccc(Cl)c1)C(=O)c1cc(Cl)ncc1Cl. The molecule has 0 radical (unpaired) electrons. The van der Waals surface area contributed by atoms with E-state index < -0.39 is 0 Å². The molecule has 0 unspecified atom stereocenters. The van der Waals surface area contributed by atoms with Crippen LogP contribution in [0.25, 0.3) is 0 Å². The first-order valence-electron chi connectivity index (χ1n) is 6.36. The van der Waals surface area contributed by atoms with E-state index in [1.54, 1.807) is 11.0 Å². The van der Waals surface area contributed by atoms with Crippen LogP contribution in [0, 0.1) is 0 Å². The third kappa shape index (κ3) is 4.10. The molecule has 6 heteroatoms. The zero-order chi connectivity index (χ0) is 15.4. The number of benzene rings is 1. The van der Waals surface area contributed by atoms with Crippen LogP contribution in [0.4, 0.5) is 0 Å². The highest BCUT2D eigenvalue weighted by molar-refractivity contribution is 6.35. The molecule has 0 N–H and O–H groups in total. The Morgan fingerprint density at radius 3 is 2.67 bits per heavy atom. The topological polar surface area (TPSA) is 33.2 Å². The van der Waals surface area contributed by atoms with Crippen molar-refractivity contribution < 1.29 is 4.79 Å². The fourth-order valence-corrected chi connectivity index (χ4v) is 2.49. The minimum atomic E-state index is -0.188. The van der Waals surface area contributed by atoms with Crippen LogP contribution in [0.3, 0.4) is 0 Å². The Morgan fingerprint density at radius 1 is 1.24 bits per heavy atom. The van der Waals surface area contributed by atoms with Gasteiger partial charge >= 0.3 is 0 Å². The van der Waals surface area contributed by atoms with Crippen molar-refractivity contribution in [2.45, 2.75) is 13.5 Å². The minimum Gasteiger partial charge on any atom is -0.335 e. The Bertz CT molecular complexity index is 661. The third-order valence-electron chi connectivity index (χ3n) is 2.98. The molecule has 2 aromatic rings. The van der Waals surface area contributed by atoms with Crippen molar-refractivity contribution in [1.29, 1.82) is 0 Å². The second-order valence-electron chi connectivity index (χ2n) is 4.44. The van der Waals surface area contributed by atoms with Crippen molar-refractivity contribution in [3.63, 3.8) is 0 Å². The molecular formula is C15H13Cl3N2O. The number of halogens is 3. The van der Waals surface area contributed by atoms with E-state index in [1.165, 1.54) is 12.3 Å². The summed E-state index contributed by atoms with van der Waals surface area (Å²) in [6, 6.07) is 8.88. The lowest BCUT2D eigenvalue weighted by Gasteiger charge is -2.21. The summed E-state index contributed by atoms with van der Waals surface area (Å²) in [5.74, 6) is -0.188. The van der Waals surface area contributed by atoms with Crippen LogP contribution < -0.4 is 0 Å². The van der Waals surface area contributed by atoms with Gasteiger partial charge in [0.15, 0.2) is 0 Å². The summed E-state index contributed by atoms with van der Waals surface area (Å²) < 4.78 is 0. The van der Waals surface area contributed by atoms with E-state index >= 15 is 0 Å². The monoisotopic (exact) mass is 342 g/mol. The van der Waals surface area contributed by atoms with Crippen LogP contribution >= 0.6 is 34.8 Å². The van der Waals surface area contributed by atoms with Crippen molar-refractivity contribution in [2.75, 3.05) is 6.54 Å². The van der Waals surface area contributed by atoms with Crippen LogP contribution in [-0.4, -0.2) is 22.3 Å². The average molecular weight is 344 g/mol. The van der Waals surface area contributed by atoms with Crippen molar-refractivity contribution in [3.8, 4) is 0 Å². The quantitative estimate of drug-likeness (QED) is 0.754. The molecular weight excluding hydrogens is 331 g/mol. The molecule has 0 aliphatic heterocycles. The summed E-state index contributed by atoms with van der Waals surface area (Å²) in [6.07, 6.45) is 1.38. The van der Waals surface area contributed by atoms with Gasteiger partial charge in [0.25, 0.3) is 5.91 Å². The molecule has 1 aromatic carbocycles. The molecule has 1 heterocycles. The standard InChI is InChI=1S/C15H13Cl3N2O/c1-2-20(9-10-4-3-5-11(16)6-10)15(21)12-7-14(18)19-8-13(12)17/h3-8H,2,9H2,1H3. The molecule has 1 amide bonds. The summed E-state index contributed by atoms with van der Waals surface area (Å²) in [4.78, 5) is 18.1. The summed E-state index contributed by atoms with van der Waals surface area (Å²) >= 11 is 17.8. The molecule has 0 fully saturated rings. The first-order chi connectivity index (χ1) is 10.0. The van der Waals surface area contributed by atoms with E-state index in [-0.39, 0.29) is 16.1 Å². The van der Waals surface area contributed by atoms with Crippen molar-refractivity contribution in [1.82, 2.24) is 9.88 Å². The molecule has 0 bridgehead atoms. The summed E-state index contributed by atoms with van der Waals surface area (Å²) in [5, 5.41) is 1.16. The molecule has 0 saturated carbocycles. The van der Waals surface area contributed by atoms with Gasteiger partial charge in [-0.05, 0) is 30.7 Å². The van der Waals surface area contributed by atoms with Crippen molar-refractivity contribution in [3.05, 3.63) is 62.9 Å². The molecule has 2 rings (SSSR count). The van der Waals surface area contributed by atoms with Crippen LogP contribution in [0.5, 0.6) is 0 Å². The number of carbonyl (C=O) groups is 1. The third-order valence-corrected chi connectivity index (χ3v) is 3.73. The summed E-state index contributed by atoms with van der Waals surface area (Å²) in [7, 11) is 0. The number of nitrogens with zero attached hydrogens (tertiary/aromatic N) is 2. The highest BCUT2D eigenvalue weighted by atomic mass is 35.5. The molecule has 0 aliphatic rings. The summed E-state index contributed by atoms with van der Waals surface area (Å²) in [5.41, 5.74) is 1.30. The van der Waals surface area contributed by atoms with Crippen LogP contribution in [-0.2, 0) is 6.54 Å². The van der Waals surface area contributed by atoms with E-state index in [9.17, 15) is 4.79 Å². The molecule has 0 spiro atoms. The predicted octanol–water partition coefficient (Wildman–Crippen LogP) is 4.70. The number of hydrogen-bond donors (Lipinski definition) is 0. The summed E-state index contributed by atoms with van der Waals surface area (Å²) in [6.45, 7) is 2.90. The number of carbonyl (C=O) groups excluding carboxylic acids is 1. The van der Waals surface area contributed by atoms with Gasteiger partial charge in [0, 0.05) is 24.3 Å². The Morgan fingerprint density at radius 2 is 2.00 bits per heavy atom. The van der Waals surface area contributed by atoms with E-state index in [2.05, 4.69) is 4.98 Å². The molecule has 110 valence electrons. The molecule has 21 heavy (non-hydrogen) atoms. The van der Waals surface area contributed by atoms with E-state index in [4.69, 9.17) is 34.8 Å². The number of amides is 1. The average Bonchev–Trinajstić information content (AvgIpc) is 2.46. The lowest BCUT2D eigenvalue weighted by molar-refractivity contribution is 0.0752. The highest BCUT2D eigenvalue weighted by Crippen LogP contribution is 2.21. The van der Waals surface area contributed by atoms with Crippen LogP contribution in [0.2, 0.25) is 15.2 Å². The van der Waals surface area contributed by atoms with Gasteiger partial charge in [0.1, 0.15) is 5.15 Å². The van der Waals surface area contributed by atoms with Gasteiger partial charge in [-0.1, -0.05) is 46.9 Å². The number of rotatable bonds is 4. The number of hydrogen-bond acceptors (Lipinski definition) is 2. The maximum atomic E-state index is 12.6. The van der Waals surface area contributed by atoms with Crippen LogP contribution in [0.15, 0.2) is 36.5 Å². The van der Waals surface area contributed by atoms with Gasteiger partial charge in [-0.15, -0.1) is 0 Å². The normalized spacial score (nSPS) is 10.5. The van der Waals surface area contributed by atoms with Gasteiger partial charge in [-0.2, -0.15) is 0 Å². The van der Waals surface area contributed by atoms with Gasteiger partial charge < -0.3 is 4.90 Å². The zero-order valence-electron chi connectivity index (χ0n) is 11.3. The van der Waals surface area contributed by atoms with Gasteiger partial charge in [0.2, 0.25) is 0 Å². The lowest BCUT2D eigenvalue weighted by Crippen LogP contribution is -2.30. The highest BCUT2D eigenvalue weighted by Gasteiger charge is 2.18. The van der Waals surface area contributed by atoms with Gasteiger partial charge in [-0.25, -0.2) is 4.98 Å². The molecule has 0 saturated heterocycles. The van der Waals surface area contributed by atoms with E-state index in [0.29, 0.717) is 23.7 Å². The first kappa shape index (κ1) is 16.1. The molecule has 0 atom stereocenters. The van der Waals surface area contributed by atoms with Crippen molar-refractivity contribution in [2.24, 2.45) is 0 Å². The Kier molecular flexibility index (Phi) is 5.45.